The molecule has 2 aromatic carbocycles. The van der Waals surface area contributed by atoms with Gasteiger partial charge in [-0.1, -0.05) is 48.5 Å². The summed E-state index contributed by atoms with van der Waals surface area (Å²) in [6, 6.07) is 16.1. The molecule has 0 unspecified atom stereocenters. The van der Waals surface area contributed by atoms with Crippen molar-refractivity contribution in [1.29, 1.82) is 0 Å². The van der Waals surface area contributed by atoms with Gasteiger partial charge in [0.25, 0.3) is 11.8 Å². The van der Waals surface area contributed by atoms with Crippen LogP contribution in [0.3, 0.4) is 0 Å². The summed E-state index contributed by atoms with van der Waals surface area (Å²) in [5.74, 6) is 0.137. The maximum atomic E-state index is 12.5. The standard InChI is InChI=1S/C24H32N4O2/c1-18-8-7-9-19(2)24(18)26-23(30)17-28-14-12-27(13-15-28)16-22(29)25-20(3)21-10-5-4-6-11-21/h4-11,20H,12-17H2,1-3H3,(H,25,29)(H,26,30)/p+2/t20-/m0/s1. The zero-order valence-electron chi connectivity index (χ0n) is 18.3. The van der Waals surface area contributed by atoms with Crippen LogP contribution in [0.1, 0.15) is 29.7 Å². The quantitative estimate of drug-likeness (QED) is 0.515. The van der Waals surface area contributed by atoms with Gasteiger partial charge in [-0.25, -0.2) is 0 Å². The van der Waals surface area contributed by atoms with E-state index in [1.807, 2.05) is 69.3 Å². The van der Waals surface area contributed by atoms with Crippen LogP contribution in [0.2, 0.25) is 0 Å². The molecule has 30 heavy (non-hydrogen) atoms. The highest BCUT2D eigenvalue weighted by atomic mass is 16.2. The van der Waals surface area contributed by atoms with Crippen molar-refractivity contribution in [3.8, 4) is 0 Å². The lowest BCUT2D eigenvalue weighted by molar-refractivity contribution is -1.00. The lowest BCUT2D eigenvalue weighted by atomic mass is 10.1. The highest BCUT2D eigenvalue weighted by Gasteiger charge is 2.27. The summed E-state index contributed by atoms with van der Waals surface area (Å²) in [4.78, 5) is 27.5. The third-order valence-corrected chi connectivity index (χ3v) is 5.91. The molecule has 0 aromatic heterocycles. The first-order valence-electron chi connectivity index (χ1n) is 10.8. The molecule has 1 saturated heterocycles. The maximum absolute atomic E-state index is 12.5. The highest BCUT2D eigenvalue weighted by Crippen LogP contribution is 2.18. The largest absolute Gasteiger partial charge is 0.345 e. The van der Waals surface area contributed by atoms with Crippen LogP contribution in [0.15, 0.2) is 48.5 Å². The number of nitrogens with one attached hydrogen (secondary N) is 4. The number of piperazine rings is 1. The van der Waals surface area contributed by atoms with Gasteiger partial charge in [-0.3, -0.25) is 9.59 Å². The fourth-order valence-corrected chi connectivity index (χ4v) is 4.08. The number of aryl methyl sites for hydroxylation is 2. The van der Waals surface area contributed by atoms with Gasteiger partial charge in [0.1, 0.15) is 26.2 Å². The summed E-state index contributed by atoms with van der Waals surface area (Å²) in [5.41, 5.74) is 4.21. The van der Waals surface area contributed by atoms with E-state index >= 15 is 0 Å². The second kappa shape index (κ2) is 10.4. The average Bonchev–Trinajstić information content (AvgIpc) is 2.73. The van der Waals surface area contributed by atoms with Crippen LogP contribution < -0.4 is 20.4 Å². The topological polar surface area (TPSA) is 67.1 Å². The predicted octanol–water partition coefficient (Wildman–Crippen LogP) is -0.0973. The molecule has 6 heteroatoms. The first kappa shape index (κ1) is 22.0. The van der Waals surface area contributed by atoms with Crippen molar-refractivity contribution in [1.82, 2.24) is 5.32 Å². The molecule has 1 heterocycles. The van der Waals surface area contributed by atoms with Crippen molar-refractivity contribution in [2.75, 3.05) is 44.6 Å². The number of benzene rings is 2. The summed E-state index contributed by atoms with van der Waals surface area (Å²) in [6.45, 7) is 10.6. The SMILES string of the molecule is Cc1cccc(C)c1NC(=O)C[NH+]1CC[NH+](CC(=O)N[C@@H](C)c2ccccc2)CC1. The third-order valence-electron chi connectivity index (χ3n) is 5.91. The number of hydrogen-bond donors (Lipinski definition) is 4. The van der Waals surface area contributed by atoms with Gasteiger partial charge in [-0.15, -0.1) is 0 Å². The van der Waals surface area contributed by atoms with Crippen molar-refractivity contribution in [2.24, 2.45) is 0 Å². The van der Waals surface area contributed by atoms with Crippen LogP contribution in [0.25, 0.3) is 0 Å². The van der Waals surface area contributed by atoms with Crippen molar-refractivity contribution >= 4 is 17.5 Å². The number of rotatable bonds is 7. The minimum atomic E-state index is 0.0126. The fraction of sp³-hybridized carbons (Fsp3) is 0.417. The Bertz CT molecular complexity index is 841. The summed E-state index contributed by atoms with van der Waals surface area (Å²) in [5, 5.41) is 6.17. The molecule has 160 valence electrons. The van der Waals surface area contributed by atoms with E-state index in [-0.39, 0.29) is 17.9 Å². The molecule has 0 spiro atoms. The molecular formula is C24H34N4O2+2. The summed E-state index contributed by atoms with van der Waals surface area (Å²) < 4.78 is 0. The summed E-state index contributed by atoms with van der Waals surface area (Å²) in [7, 11) is 0. The number of hydrogen-bond acceptors (Lipinski definition) is 2. The molecule has 0 aliphatic carbocycles. The second-order valence-electron chi connectivity index (χ2n) is 8.37. The molecule has 0 bridgehead atoms. The third kappa shape index (κ3) is 6.15. The van der Waals surface area contributed by atoms with Crippen LogP contribution in [0.5, 0.6) is 0 Å². The molecule has 4 N–H and O–H groups in total. The zero-order valence-corrected chi connectivity index (χ0v) is 18.3. The number of carbonyl (C=O) groups is 2. The van der Waals surface area contributed by atoms with Gasteiger partial charge in [0.05, 0.1) is 6.04 Å². The van der Waals surface area contributed by atoms with Crippen molar-refractivity contribution in [3.05, 3.63) is 65.2 Å². The van der Waals surface area contributed by atoms with Gasteiger partial charge in [0, 0.05) is 5.69 Å². The van der Waals surface area contributed by atoms with E-state index in [1.54, 1.807) is 0 Å². The van der Waals surface area contributed by atoms with Gasteiger partial charge in [0.2, 0.25) is 0 Å². The van der Waals surface area contributed by atoms with Crippen LogP contribution in [0, 0.1) is 13.8 Å². The fourth-order valence-electron chi connectivity index (χ4n) is 4.08. The highest BCUT2D eigenvalue weighted by molar-refractivity contribution is 5.93. The maximum Gasteiger partial charge on any atom is 0.279 e. The zero-order chi connectivity index (χ0) is 21.5. The first-order valence-corrected chi connectivity index (χ1v) is 10.8. The van der Waals surface area contributed by atoms with E-state index in [0.29, 0.717) is 13.1 Å². The monoisotopic (exact) mass is 410 g/mol. The number of para-hydroxylation sites is 1. The molecule has 0 radical (unpaired) electrons. The Kier molecular flexibility index (Phi) is 7.60. The van der Waals surface area contributed by atoms with Crippen molar-refractivity contribution < 1.29 is 19.4 Å². The van der Waals surface area contributed by atoms with E-state index in [4.69, 9.17) is 0 Å². The molecule has 0 saturated carbocycles. The summed E-state index contributed by atoms with van der Waals surface area (Å²) >= 11 is 0. The average molecular weight is 411 g/mol. The van der Waals surface area contributed by atoms with Gasteiger partial charge < -0.3 is 20.4 Å². The van der Waals surface area contributed by atoms with E-state index in [1.165, 1.54) is 9.80 Å². The molecule has 1 aliphatic heterocycles. The smallest absolute Gasteiger partial charge is 0.279 e. The number of anilines is 1. The molecule has 6 nitrogen and oxygen atoms in total. The summed E-state index contributed by atoms with van der Waals surface area (Å²) in [6.07, 6.45) is 0. The van der Waals surface area contributed by atoms with Gasteiger partial charge in [-0.2, -0.15) is 0 Å². The number of amides is 2. The Labute approximate surface area is 179 Å². The Morgan fingerprint density at radius 2 is 1.37 bits per heavy atom. The molecule has 1 fully saturated rings. The second-order valence-corrected chi connectivity index (χ2v) is 8.37. The van der Waals surface area contributed by atoms with E-state index in [2.05, 4.69) is 10.6 Å². The van der Waals surface area contributed by atoms with E-state index < -0.39 is 0 Å². The van der Waals surface area contributed by atoms with Gasteiger partial charge >= 0.3 is 0 Å². The van der Waals surface area contributed by atoms with E-state index in [0.717, 1.165) is 48.6 Å². The Morgan fingerprint density at radius 1 is 0.833 bits per heavy atom. The van der Waals surface area contributed by atoms with Crippen LogP contribution in [0.4, 0.5) is 5.69 Å². The Balaban J connectivity index is 1.40. The van der Waals surface area contributed by atoms with Crippen LogP contribution in [-0.4, -0.2) is 51.1 Å². The number of carbonyl (C=O) groups excluding carboxylic acids is 2. The molecule has 1 atom stereocenters. The van der Waals surface area contributed by atoms with Crippen molar-refractivity contribution in [2.45, 2.75) is 26.8 Å². The Hall–Kier alpha value is -2.70. The first-order chi connectivity index (χ1) is 14.4. The van der Waals surface area contributed by atoms with Crippen molar-refractivity contribution in [3.63, 3.8) is 0 Å². The minimum Gasteiger partial charge on any atom is -0.345 e. The van der Waals surface area contributed by atoms with Crippen LogP contribution in [-0.2, 0) is 9.59 Å². The van der Waals surface area contributed by atoms with E-state index in [9.17, 15) is 9.59 Å². The molecule has 2 amide bonds. The van der Waals surface area contributed by atoms with Gasteiger partial charge in [-0.05, 0) is 37.5 Å². The lowest BCUT2D eigenvalue weighted by Gasteiger charge is -2.29. The number of quaternary nitrogens is 2. The molecule has 1 aliphatic rings. The normalized spacial score (nSPS) is 19.7. The van der Waals surface area contributed by atoms with Crippen LogP contribution >= 0.6 is 0 Å². The van der Waals surface area contributed by atoms with Gasteiger partial charge in [0.15, 0.2) is 13.1 Å². The molecule has 3 rings (SSSR count). The molecular weight excluding hydrogens is 376 g/mol. The molecule has 2 aromatic rings. The Morgan fingerprint density at radius 3 is 1.93 bits per heavy atom. The predicted molar refractivity (Wildman–Crippen MR) is 119 cm³/mol. The minimum absolute atomic E-state index is 0.0126. The lowest BCUT2D eigenvalue weighted by Crippen LogP contribution is -3.28.